The van der Waals surface area contributed by atoms with Gasteiger partial charge in [0, 0.05) is 18.0 Å². The van der Waals surface area contributed by atoms with Gasteiger partial charge in [0.1, 0.15) is 35.7 Å². The molecule has 0 aliphatic carbocycles. The first-order chi connectivity index (χ1) is 20.5. The van der Waals surface area contributed by atoms with Gasteiger partial charge in [-0.1, -0.05) is 32.9 Å². The third-order valence-electron chi connectivity index (χ3n) is 7.64. The van der Waals surface area contributed by atoms with Crippen molar-refractivity contribution in [2.45, 2.75) is 58.7 Å². The molecule has 12 heteroatoms. The molecule has 1 aromatic heterocycles. The quantitative estimate of drug-likeness (QED) is 0.278. The summed E-state index contributed by atoms with van der Waals surface area (Å²) in [6.45, 7) is 7.82. The van der Waals surface area contributed by atoms with Gasteiger partial charge in [0.15, 0.2) is 0 Å². The number of likely N-dealkylation sites (tertiary alicyclic amines) is 1. The zero-order valence-corrected chi connectivity index (χ0v) is 25.8. The number of nitrogens with zero attached hydrogens (tertiary/aromatic N) is 3. The van der Waals surface area contributed by atoms with Gasteiger partial charge in [-0.2, -0.15) is 0 Å². The van der Waals surface area contributed by atoms with Crippen LogP contribution in [0.4, 0.5) is 17.2 Å². The summed E-state index contributed by atoms with van der Waals surface area (Å²) in [7, 11) is 4.79. The molecule has 1 aliphatic rings. The van der Waals surface area contributed by atoms with E-state index in [1.54, 1.807) is 38.1 Å². The van der Waals surface area contributed by atoms with E-state index in [1.807, 2.05) is 45.0 Å². The molecule has 4 N–H and O–H groups in total. The lowest BCUT2D eigenvalue weighted by molar-refractivity contribution is -0.143. The molecule has 0 spiro atoms. The summed E-state index contributed by atoms with van der Waals surface area (Å²) >= 11 is 0. The van der Waals surface area contributed by atoms with Crippen LogP contribution in [0.2, 0.25) is 0 Å². The molecule has 12 nitrogen and oxygen atoms in total. The van der Waals surface area contributed by atoms with E-state index in [-0.39, 0.29) is 17.7 Å². The van der Waals surface area contributed by atoms with Crippen molar-refractivity contribution >= 4 is 45.8 Å². The number of anilines is 3. The fourth-order valence-electron chi connectivity index (χ4n) is 5.06. The predicted molar refractivity (Wildman–Crippen MR) is 166 cm³/mol. The Labute approximate surface area is 251 Å². The molecule has 1 aliphatic heterocycles. The monoisotopic (exact) mass is 591 g/mol. The van der Waals surface area contributed by atoms with Crippen LogP contribution in [0, 0.1) is 5.41 Å². The number of hydrogen-bond acceptors (Lipinski definition) is 9. The Morgan fingerprint density at radius 3 is 2.42 bits per heavy atom. The molecule has 3 atom stereocenters. The van der Waals surface area contributed by atoms with Crippen LogP contribution in [0.5, 0.6) is 11.5 Å². The number of methoxy groups -OCH3 is 2. The van der Waals surface area contributed by atoms with Crippen LogP contribution in [0.3, 0.4) is 0 Å². The molecule has 1 saturated heterocycles. The van der Waals surface area contributed by atoms with Gasteiger partial charge in [0.05, 0.1) is 37.2 Å². The molecular formula is C31H41N7O5. The molecule has 0 bridgehead atoms. The van der Waals surface area contributed by atoms with Gasteiger partial charge in [-0.15, -0.1) is 0 Å². The van der Waals surface area contributed by atoms with Gasteiger partial charge in [-0.05, 0) is 50.4 Å². The summed E-state index contributed by atoms with van der Waals surface area (Å²) in [5.41, 5.74) is 1.17. The Kier molecular flexibility index (Phi) is 9.70. The molecule has 3 amide bonds. The first-order valence-corrected chi connectivity index (χ1v) is 14.3. The number of amides is 3. The molecule has 1 fully saturated rings. The minimum Gasteiger partial charge on any atom is -0.495 e. The number of benzene rings is 2. The molecule has 0 saturated carbocycles. The number of nitrogens with one attached hydrogen (secondary N) is 4. The van der Waals surface area contributed by atoms with Gasteiger partial charge >= 0.3 is 0 Å². The molecule has 3 aromatic rings. The summed E-state index contributed by atoms with van der Waals surface area (Å²) < 4.78 is 11.1. The number of fused-ring (bicyclic) bond motifs is 1. The van der Waals surface area contributed by atoms with E-state index in [4.69, 9.17) is 9.47 Å². The summed E-state index contributed by atoms with van der Waals surface area (Å²) in [5.74, 6) is 0.666. The number of aromatic nitrogens is 2. The second kappa shape index (κ2) is 13.2. The Hall–Kier alpha value is -4.45. The molecule has 0 unspecified atom stereocenters. The largest absolute Gasteiger partial charge is 0.495 e. The van der Waals surface area contributed by atoms with E-state index in [0.29, 0.717) is 53.3 Å². The normalized spacial score (nSPS) is 16.3. The molecule has 230 valence electrons. The summed E-state index contributed by atoms with van der Waals surface area (Å²) in [5, 5.41) is 12.7. The standard InChI is InChI=1S/C31H41N7O5/c1-18(32-5)28(39)37-26(31(2,3)4)30(41)38-14-10-12-23(38)29(40)36-22-15-19-21(16-25(22)43-7)33-17-34-27(19)35-20-11-8-9-13-24(20)42-6/h8-9,11,13,15-18,23,26,32H,10,12,14H2,1-7H3,(H,36,40)(H,37,39)(H,33,34,35)/t18-,23-,26+/m0/s1. The maximum atomic E-state index is 13.8. The first-order valence-electron chi connectivity index (χ1n) is 14.3. The SMILES string of the molecule is CN[C@@H](C)C(=O)N[C@H](C(=O)N1CCC[C@H]1C(=O)Nc1cc2c(Nc3ccccc3OC)ncnc2cc1OC)C(C)(C)C. The highest BCUT2D eigenvalue weighted by atomic mass is 16.5. The minimum absolute atomic E-state index is 0.281. The van der Waals surface area contributed by atoms with Gasteiger partial charge in [0.2, 0.25) is 17.7 Å². The van der Waals surface area contributed by atoms with E-state index >= 15 is 0 Å². The third kappa shape index (κ3) is 6.96. The Morgan fingerprint density at radius 2 is 1.74 bits per heavy atom. The number of rotatable bonds is 10. The van der Waals surface area contributed by atoms with Crippen LogP contribution in [0.1, 0.15) is 40.5 Å². The summed E-state index contributed by atoms with van der Waals surface area (Å²) in [4.78, 5) is 50.6. The Balaban J connectivity index is 1.61. The van der Waals surface area contributed by atoms with E-state index in [1.165, 1.54) is 13.4 Å². The molecule has 4 rings (SSSR count). The van der Waals surface area contributed by atoms with E-state index in [2.05, 4.69) is 31.2 Å². The van der Waals surface area contributed by atoms with E-state index in [9.17, 15) is 14.4 Å². The van der Waals surface area contributed by atoms with Crippen molar-refractivity contribution in [3.63, 3.8) is 0 Å². The van der Waals surface area contributed by atoms with Crippen molar-refractivity contribution in [2.24, 2.45) is 5.41 Å². The summed E-state index contributed by atoms with van der Waals surface area (Å²) in [6.07, 6.45) is 2.60. The molecule has 2 aromatic carbocycles. The van der Waals surface area contributed by atoms with Gasteiger partial charge in [-0.3, -0.25) is 14.4 Å². The fraction of sp³-hybridized carbons (Fsp3) is 0.452. The lowest BCUT2D eigenvalue weighted by Crippen LogP contribution is -2.59. The number of likely N-dealkylation sites (N-methyl/N-ethyl adjacent to an activating group) is 1. The molecular weight excluding hydrogens is 550 g/mol. The van der Waals surface area contributed by atoms with Crippen LogP contribution in [-0.2, 0) is 14.4 Å². The second-order valence-electron chi connectivity index (χ2n) is 11.6. The van der Waals surface area contributed by atoms with Crippen LogP contribution >= 0.6 is 0 Å². The third-order valence-corrected chi connectivity index (χ3v) is 7.64. The van der Waals surface area contributed by atoms with E-state index in [0.717, 1.165) is 5.69 Å². The molecule has 43 heavy (non-hydrogen) atoms. The molecule has 2 heterocycles. The Bertz CT molecular complexity index is 1490. The van der Waals surface area contributed by atoms with Crippen LogP contribution < -0.4 is 30.7 Å². The lowest BCUT2D eigenvalue weighted by Gasteiger charge is -2.36. The first kappa shape index (κ1) is 31.5. The van der Waals surface area contributed by atoms with Gasteiger partial charge in [-0.25, -0.2) is 9.97 Å². The molecule has 0 radical (unpaired) electrons. The fourth-order valence-corrected chi connectivity index (χ4v) is 5.06. The average molecular weight is 592 g/mol. The van der Waals surface area contributed by atoms with Crippen LogP contribution in [0.15, 0.2) is 42.7 Å². The van der Waals surface area contributed by atoms with Crippen molar-refractivity contribution in [1.82, 2.24) is 25.5 Å². The van der Waals surface area contributed by atoms with Crippen molar-refractivity contribution in [3.05, 3.63) is 42.7 Å². The minimum atomic E-state index is -0.805. The second-order valence-corrected chi connectivity index (χ2v) is 11.6. The smallest absolute Gasteiger partial charge is 0.247 e. The van der Waals surface area contributed by atoms with E-state index < -0.39 is 23.5 Å². The number of carbonyl (C=O) groups excluding carboxylic acids is 3. The summed E-state index contributed by atoms with van der Waals surface area (Å²) in [6, 6.07) is 8.96. The topological polar surface area (TPSA) is 147 Å². The number of carbonyl (C=O) groups is 3. The zero-order chi connectivity index (χ0) is 31.3. The van der Waals surface area contributed by atoms with Gasteiger partial charge in [0.25, 0.3) is 0 Å². The maximum absolute atomic E-state index is 13.8. The Morgan fingerprint density at radius 1 is 1.02 bits per heavy atom. The van der Waals surface area contributed by atoms with Crippen LogP contribution in [0.25, 0.3) is 10.9 Å². The lowest BCUT2D eigenvalue weighted by atomic mass is 9.85. The maximum Gasteiger partial charge on any atom is 0.247 e. The average Bonchev–Trinajstić information content (AvgIpc) is 3.49. The predicted octanol–water partition coefficient (Wildman–Crippen LogP) is 3.46. The highest BCUT2D eigenvalue weighted by molar-refractivity contribution is 6.03. The zero-order valence-electron chi connectivity index (χ0n) is 25.8. The number of hydrogen-bond donors (Lipinski definition) is 4. The van der Waals surface area contributed by atoms with Crippen molar-refractivity contribution < 1.29 is 23.9 Å². The number of ether oxygens (including phenoxy) is 2. The highest BCUT2D eigenvalue weighted by Gasteiger charge is 2.42. The van der Waals surface area contributed by atoms with Crippen molar-refractivity contribution in [2.75, 3.05) is 38.4 Å². The number of para-hydroxylation sites is 2. The van der Waals surface area contributed by atoms with Crippen molar-refractivity contribution in [3.8, 4) is 11.5 Å². The van der Waals surface area contributed by atoms with Crippen molar-refractivity contribution in [1.29, 1.82) is 0 Å². The van der Waals surface area contributed by atoms with Crippen LogP contribution in [-0.4, -0.2) is 78.5 Å². The highest BCUT2D eigenvalue weighted by Crippen LogP contribution is 2.35. The van der Waals surface area contributed by atoms with Gasteiger partial charge < -0.3 is 35.6 Å².